The molecule has 0 radical (unpaired) electrons. The van der Waals surface area contributed by atoms with Gasteiger partial charge in [-0.05, 0) is 32.1 Å². The average Bonchev–Trinajstić information content (AvgIpc) is 2.55. The van der Waals surface area contributed by atoms with Crippen molar-refractivity contribution in [2.75, 3.05) is 6.61 Å². The Balaban J connectivity index is 2.52. The second-order valence-electron chi connectivity index (χ2n) is 6.25. The van der Waals surface area contributed by atoms with Gasteiger partial charge in [-0.25, -0.2) is 0 Å². The molecule has 2 nitrogen and oxygen atoms in total. The fraction of sp³-hybridized carbons (Fsp3) is 1.00. The molecule has 1 aliphatic carbocycles. The molecule has 1 unspecified atom stereocenters. The Kier molecular flexibility index (Phi) is 7.25. The van der Waals surface area contributed by atoms with Gasteiger partial charge in [0, 0.05) is 6.61 Å². The summed E-state index contributed by atoms with van der Waals surface area (Å²) >= 11 is 0. The first-order valence-corrected chi connectivity index (χ1v) is 7.93. The van der Waals surface area contributed by atoms with Gasteiger partial charge in [0.05, 0.1) is 11.7 Å². The van der Waals surface area contributed by atoms with Crippen molar-refractivity contribution in [1.29, 1.82) is 0 Å². The quantitative estimate of drug-likeness (QED) is 0.688. The number of rotatable bonds is 7. The van der Waals surface area contributed by atoms with Gasteiger partial charge < -0.3 is 9.84 Å². The van der Waals surface area contributed by atoms with Crippen molar-refractivity contribution in [3.63, 3.8) is 0 Å². The molecule has 1 aliphatic rings. The first-order valence-electron chi connectivity index (χ1n) is 7.93. The summed E-state index contributed by atoms with van der Waals surface area (Å²) in [6.07, 6.45) is 10.1. The van der Waals surface area contributed by atoms with Crippen molar-refractivity contribution in [2.24, 2.45) is 5.92 Å². The Morgan fingerprint density at radius 1 is 1.06 bits per heavy atom. The van der Waals surface area contributed by atoms with E-state index in [2.05, 4.69) is 13.8 Å². The lowest BCUT2D eigenvalue weighted by molar-refractivity contribution is -0.131. The highest BCUT2D eigenvalue weighted by atomic mass is 16.5. The maximum Gasteiger partial charge on any atom is 0.0939 e. The number of aliphatic hydroxyl groups excluding tert-OH is 1. The Labute approximate surface area is 113 Å². The van der Waals surface area contributed by atoms with E-state index in [1.165, 1.54) is 32.1 Å². The minimum Gasteiger partial charge on any atom is -0.390 e. The molecule has 0 heterocycles. The highest BCUT2D eigenvalue weighted by Crippen LogP contribution is 2.35. The molecule has 108 valence electrons. The second-order valence-corrected chi connectivity index (χ2v) is 6.25. The summed E-state index contributed by atoms with van der Waals surface area (Å²) < 4.78 is 6.02. The molecule has 1 N–H and O–H groups in total. The monoisotopic (exact) mass is 256 g/mol. The molecule has 1 rings (SSSR count). The maximum atomic E-state index is 10.6. The van der Waals surface area contributed by atoms with E-state index >= 15 is 0 Å². The number of hydrogen-bond acceptors (Lipinski definition) is 2. The molecule has 0 spiro atoms. The molecule has 1 fully saturated rings. The normalized spacial score (nSPS) is 21.8. The van der Waals surface area contributed by atoms with Crippen LogP contribution in [0.5, 0.6) is 0 Å². The first kappa shape index (κ1) is 16.0. The molecule has 0 aliphatic heterocycles. The van der Waals surface area contributed by atoms with Gasteiger partial charge in [-0.1, -0.05) is 52.4 Å². The van der Waals surface area contributed by atoms with Gasteiger partial charge in [-0.3, -0.25) is 0 Å². The van der Waals surface area contributed by atoms with E-state index < -0.39 is 0 Å². The zero-order valence-corrected chi connectivity index (χ0v) is 12.6. The lowest BCUT2D eigenvalue weighted by Gasteiger charge is -2.37. The number of ether oxygens (including phenoxy) is 1. The zero-order chi connectivity index (χ0) is 13.4. The van der Waals surface area contributed by atoms with E-state index in [9.17, 15) is 5.11 Å². The molecule has 0 aromatic heterocycles. The summed E-state index contributed by atoms with van der Waals surface area (Å²) in [7, 11) is 0. The fourth-order valence-corrected chi connectivity index (χ4v) is 3.17. The van der Waals surface area contributed by atoms with Crippen molar-refractivity contribution < 1.29 is 9.84 Å². The minimum absolute atomic E-state index is 0.234. The Morgan fingerprint density at radius 2 is 1.67 bits per heavy atom. The van der Waals surface area contributed by atoms with Gasteiger partial charge in [-0.15, -0.1) is 0 Å². The van der Waals surface area contributed by atoms with Crippen LogP contribution in [0.3, 0.4) is 0 Å². The third-order valence-corrected chi connectivity index (χ3v) is 4.25. The van der Waals surface area contributed by atoms with Crippen LogP contribution >= 0.6 is 0 Å². The lowest BCUT2D eigenvalue weighted by atomic mass is 9.85. The molecule has 2 heteroatoms. The van der Waals surface area contributed by atoms with Crippen molar-refractivity contribution in [3.05, 3.63) is 0 Å². The summed E-state index contributed by atoms with van der Waals surface area (Å²) in [6.45, 7) is 7.27. The van der Waals surface area contributed by atoms with Crippen LogP contribution in [0.15, 0.2) is 0 Å². The SMILES string of the molecule is CCOC1(C(O)CCCC(C)C)CCCCCC1. The van der Waals surface area contributed by atoms with Crippen LogP contribution in [0.1, 0.15) is 78.6 Å². The molecule has 0 saturated heterocycles. The van der Waals surface area contributed by atoms with Crippen LogP contribution in [0, 0.1) is 5.92 Å². The summed E-state index contributed by atoms with van der Waals surface area (Å²) in [4.78, 5) is 0. The molecule has 0 aromatic rings. The van der Waals surface area contributed by atoms with Crippen LogP contribution in [0.2, 0.25) is 0 Å². The van der Waals surface area contributed by atoms with Crippen LogP contribution < -0.4 is 0 Å². The largest absolute Gasteiger partial charge is 0.390 e. The zero-order valence-electron chi connectivity index (χ0n) is 12.6. The average molecular weight is 256 g/mol. The lowest BCUT2D eigenvalue weighted by Crippen LogP contribution is -2.44. The van der Waals surface area contributed by atoms with Gasteiger partial charge in [0.25, 0.3) is 0 Å². The van der Waals surface area contributed by atoms with Crippen molar-refractivity contribution in [1.82, 2.24) is 0 Å². The third-order valence-electron chi connectivity index (χ3n) is 4.25. The summed E-state index contributed by atoms with van der Waals surface area (Å²) in [5, 5.41) is 10.6. The van der Waals surface area contributed by atoms with Gasteiger partial charge in [-0.2, -0.15) is 0 Å². The third kappa shape index (κ3) is 4.89. The minimum atomic E-state index is -0.269. The van der Waals surface area contributed by atoms with E-state index in [0.29, 0.717) is 0 Å². The van der Waals surface area contributed by atoms with E-state index in [0.717, 1.165) is 38.2 Å². The topological polar surface area (TPSA) is 29.5 Å². The molecule has 0 amide bonds. The van der Waals surface area contributed by atoms with Gasteiger partial charge in [0.15, 0.2) is 0 Å². The van der Waals surface area contributed by atoms with Crippen molar-refractivity contribution >= 4 is 0 Å². The molecule has 1 saturated carbocycles. The van der Waals surface area contributed by atoms with Crippen LogP contribution in [-0.2, 0) is 4.74 Å². The Morgan fingerprint density at radius 3 is 2.17 bits per heavy atom. The Bertz CT molecular complexity index is 205. The summed E-state index contributed by atoms with van der Waals surface area (Å²) in [6, 6.07) is 0. The van der Waals surface area contributed by atoms with Crippen LogP contribution in [0.4, 0.5) is 0 Å². The molecule has 1 atom stereocenters. The van der Waals surface area contributed by atoms with E-state index in [-0.39, 0.29) is 11.7 Å². The van der Waals surface area contributed by atoms with E-state index in [1.807, 2.05) is 6.92 Å². The van der Waals surface area contributed by atoms with E-state index in [4.69, 9.17) is 4.74 Å². The predicted octanol–water partition coefficient (Wildman–Crippen LogP) is 4.30. The predicted molar refractivity (Wildman–Crippen MR) is 76.8 cm³/mol. The molecule has 18 heavy (non-hydrogen) atoms. The highest BCUT2D eigenvalue weighted by molar-refractivity contribution is 4.90. The fourth-order valence-electron chi connectivity index (χ4n) is 3.17. The highest BCUT2D eigenvalue weighted by Gasteiger charge is 2.38. The first-order chi connectivity index (χ1) is 8.60. The van der Waals surface area contributed by atoms with Crippen LogP contribution in [0.25, 0.3) is 0 Å². The summed E-state index contributed by atoms with van der Waals surface area (Å²) in [5.41, 5.74) is -0.234. The van der Waals surface area contributed by atoms with Gasteiger partial charge >= 0.3 is 0 Å². The molecule has 0 bridgehead atoms. The van der Waals surface area contributed by atoms with Gasteiger partial charge in [0.2, 0.25) is 0 Å². The number of hydrogen-bond donors (Lipinski definition) is 1. The molecule has 0 aromatic carbocycles. The standard InChI is InChI=1S/C16H32O2/c1-4-18-16(12-7-5-6-8-13-16)15(17)11-9-10-14(2)3/h14-15,17H,4-13H2,1-3H3. The summed E-state index contributed by atoms with van der Waals surface area (Å²) in [5.74, 6) is 0.731. The maximum absolute atomic E-state index is 10.6. The van der Waals surface area contributed by atoms with E-state index in [1.54, 1.807) is 0 Å². The van der Waals surface area contributed by atoms with Crippen LogP contribution in [-0.4, -0.2) is 23.4 Å². The molecular weight excluding hydrogens is 224 g/mol. The number of aliphatic hydroxyl groups is 1. The Hall–Kier alpha value is -0.0800. The van der Waals surface area contributed by atoms with Crippen molar-refractivity contribution in [2.45, 2.75) is 90.3 Å². The van der Waals surface area contributed by atoms with Gasteiger partial charge in [0.1, 0.15) is 0 Å². The smallest absolute Gasteiger partial charge is 0.0939 e. The molecular formula is C16H32O2. The second kappa shape index (κ2) is 8.16. The van der Waals surface area contributed by atoms with Crippen molar-refractivity contribution in [3.8, 4) is 0 Å².